The number of nitrogens with one attached hydrogen (secondary N) is 1. The van der Waals surface area contributed by atoms with E-state index in [9.17, 15) is 9.59 Å². The number of rotatable bonds is 7. The molecule has 24 heavy (non-hydrogen) atoms. The molecule has 0 radical (unpaired) electrons. The van der Waals surface area contributed by atoms with Crippen molar-refractivity contribution in [2.75, 3.05) is 20.8 Å². The average molecular weight is 329 g/mol. The summed E-state index contributed by atoms with van der Waals surface area (Å²) in [4.78, 5) is 23.2. The van der Waals surface area contributed by atoms with Crippen LogP contribution in [0.25, 0.3) is 0 Å². The summed E-state index contributed by atoms with van der Waals surface area (Å²) < 4.78 is 15.2. The second-order valence-corrected chi connectivity index (χ2v) is 4.89. The maximum Gasteiger partial charge on any atom is 0.337 e. The van der Waals surface area contributed by atoms with Gasteiger partial charge in [0, 0.05) is 12.1 Å². The zero-order valence-corrected chi connectivity index (χ0v) is 13.6. The fraction of sp³-hybridized carbons (Fsp3) is 0.222. The van der Waals surface area contributed by atoms with Gasteiger partial charge in [-0.1, -0.05) is 18.2 Å². The van der Waals surface area contributed by atoms with Crippen LogP contribution in [-0.4, -0.2) is 32.7 Å². The number of carbonyl (C=O) groups is 2. The highest BCUT2D eigenvalue weighted by Crippen LogP contribution is 2.16. The van der Waals surface area contributed by atoms with Crippen LogP contribution in [0.4, 0.5) is 0 Å². The maximum absolute atomic E-state index is 11.9. The minimum absolute atomic E-state index is 0.118. The van der Waals surface area contributed by atoms with Crippen molar-refractivity contribution < 1.29 is 23.8 Å². The number of hydrogen-bond donors (Lipinski definition) is 1. The molecule has 126 valence electrons. The van der Waals surface area contributed by atoms with Gasteiger partial charge in [0.15, 0.2) is 6.61 Å². The Labute approximate surface area is 140 Å². The summed E-state index contributed by atoms with van der Waals surface area (Å²) in [5, 5.41) is 2.76. The van der Waals surface area contributed by atoms with E-state index in [0.29, 0.717) is 17.9 Å². The molecule has 0 aromatic heterocycles. The lowest BCUT2D eigenvalue weighted by atomic mass is 10.2. The number of ether oxygens (including phenoxy) is 3. The maximum atomic E-state index is 11.9. The van der Waals surface area contributed by atoms with Crippen molar-refractivity contribution in [1.29, 1.82) is 0 Å². The quantitative estimate of drug-likeness (QED) is 0.788. The molecule has 0 fully saturated rings. The molecule has 0 unspecified atom stereocenters. The highest BCUT2D eigenvalue weighted by Gasteiger charge is 2.07. The van der Waals surface area contributed by atoms with Gasteiger partial charge >= 0.3 is 5.97 Å². The Morgan fingerprint density at radius 2 is 1.71 bits per heavy atom. The fourth-order valence-electron chi connectivity index (χ4n) is 2.05. The summed E-state index contributed by atoms with van der Waals surface area (Å²) in [7, 11) is 2.90. The molecule has 0 bridgehead atoms. The van der Waals surface area contributed by atoms with Gasteiger partial charge < -0.3 is 19.5 Å². The van der Waals surface area contributed by atoms with Crippen LogP contribution in [0.3, 0.4) is 0 Å². The monoisotopic (exact) mass is 329 g/mol. The molecule has 6 nitrogen and oxygen atoms in total. The zero-order chi connectivity index (χ0) is 17.4. The highest BCUT2D eigenvalue weighted by molar-refractivity contribution is 5.89. The number of hydrogen-bond acceptors (Lipinski definition) is 5. The molecule has 0 atom stereocenters. The first kappa shape index (κ1) is 17.3. The zero-order valence-electron chi connectivity index (χ0n) is 13.6. The number of amides is 1. The highest BCUT2D eigenvalue weighted by atomic mass is 16.5. The van der Waals surface area contributed by atoms with Crippen LogP contribution in [0.15, 0.2) is 48.5 Å². The number of carbonyl (C=O) groups excluding carboxylic acids is 2. The Morgan fingerprint density at radius 1 is 1.00 bits per heavy atom. The van der Waals surface area contributed by atoms with Crippen molar-refractivity contribution in [3.8, 4) is 11.5 Å². The van der Waals surface area contributed by atoms with Gasteiger partial charge in [-0.05, 0) is 30.3 Å². The van der Waals surface area contributed by atoms with Crippen LogP contribution in [0.2, 0.25) is 0 Å². The van der Waals surface area contributed by atoms with Crippen molar-refractivity contribution in [2.24, 2.45) is 0 Å². The Balaban J connectivity index is 1.82. The minimum atomic E-state index is -0.420. The van der Waals surface area contributed by atoms with Gasteiger partial charge in [-0.15, -0.1) is 0 Å². The van der Waals surface area contributed by atoms with Crippen LogP contribution in [0, 0.1) is 0 Å². The first-order valence-electron chi connectivity index (χ1n) is 7.34. The van der Waals surface area contributed by atoms with Gasteiger partial charge in [-0.3, -0.25) is 4.79 Å². The molecule has 0 spiro atoms. The Bertz CT molecular complexity index is 697. The molecule has 0 saturated carbocycles. The molecular weight excluding hydrogens is 310 g/mol. The van der Waals surface area contributed by atoms with Crippen LogP contribution < -0.4 is 14.8 Å². The van der Waals surface area contributed by atoms with Crippen molar-refractivity contribution in [3.63, 3.8) is 0 Å². The van der Waals surface area contributed by atoms with Crippen molar-refractivity contribution in [2.45, 2.75) is 6.54 Å². The van der Waals surface area contributed by atoms with E-state index >= 15 is 0 Å². The van der Waals surface area contributed by atoms with E-state index in [-0.39, 0.29) is 12.5 Å². The fourth-order valence-corrected chi connectivity index (χ4v) is 2.05. The van der Waals surface area contributed by atoms with Crippen LogP contribution in [0.1, 0.15) is 15.9 Å². The van der Waals surface area contributed by atoms with Crippen LogP contribution in [0.5, 0.6) is 11.5 Å². The third-order valence-corrected chi connectivity index (χ3v) is 3.31. The van der Waals surface area contributed by atoms with E-state index in [1.807, 2.05) is 24.3 Å². The standard InChI is InChI=1S/C18H19NO5/c1-22-16-6-4-3-5-14(16)11-19-17(20)12-24-15-9-7-13(8-10-15)18(21)23-2/h3-10H,11-12H2,1-2H3,(H,19,20). The second-order valence-electron chi connectivity index (χ2n) is 4.89. The molecule has 0 aliphatic rings. The second kappa shape index (κ2) is 8.57. The lowest BCUT2D eigenvalue weighted by Gasteiger charge is -2.10. The summed E-state index contributed by atoms with van der Waals surface area (Å²) in [5.41, 5.74) is 1.31. The summed E-state index contributed by atoms with van der Waals surface area (Å²) in [6, 6.07) is 13.8. The largest absolute Gasteiger partial charge is 0.496 e. The van der Waals surface area contributed by atoms with Crippen molar-refractivity contribution >= 4 is 11.9 Å². The van der Waals surface area contributed by atoms with E-state index in [1.165, 1.54) is 7.11 Å². The van der Waals surface area contributed by atoms with E-state index in [1.54, 1.807) is 31.4 Å². The molecule has 2 aromatic carbocycles. The van der Waals surface area contributed by atoms with E-state index in [2.05, 4.69) is 10.1 Å². The number of benzene rings is 2. The minimum Gasteiger partial charge on any atom is -0.496 e. The van der Waals surface area contributed by atoms with Gasteiger partial charge in [-0.2, -0.15) is 0 Å². The molecule has 1 N–H and O–H groups in total. The van der Waals surface area contributed by atoms with Crippen LogP contribution >= 0.6 is 0 Å². The molecular formula is C18H19NO5. The van der Waals surface area contributed by atoms with E-state index in [0.717, 1.165) is 11.3 Å². The topological polar surface area (TPSA) is 73.9 Å². The summed E-state index contributed by atoms with van der Waals surface area (Å²) in [5.74, 6) is 0.543. The molecule has 2 rings (SSSR count). The van der Waals surface area contributed by atoms with E-state index in [4.69, 9.17) is 9.47 Å². The summed E-state index contributed by atoms with van der Waals surface area (Å²) in [6.07, 6.45) is 0. The molecule has 0 saturated heterocycles. The summed E-state index contributed by atoms with van der Waals surface area (Å²) >= 11 is 0. The predicted molar refractivity (Wildman–Crippen MR) is 88.1 cm³/mol. The van der Waals surface area contributed by atoms with Crippen LogP contribution in [-0.2, 0) is 16.1 Å². The third kappa shape index (κ3) is 4.74. The van der Waals surface area contributed by atoms with Gasteiger partial charge in [0.25, 0.3) is 5.91 Å². The molecule has 2 aromatic rings. The normalized spacial score (nSPS) is 9.92. The molecule has 6 heteroatoms. The number of para-hydroxylation sites is 1. The predicted octanol–water partition coefficient (Wildman–Crippen LogP) is 2.18. The number of esters is 1. The van der Waals surface area contributed by atoms with Gasteiger partial charge in [-0.25, -0.2) is 4.79 Å². The van der Waals surface area contributed by atoms with Gasteiger partial charge in [0.1, 0.15) is 11.5 Å². The summed E-state index contributed by atoms with van der Waals surface area (Å²) in [6.45, 7) is 0.236. The SMILES string of the molecule is COC(=O)c1ccc(OCC(=O)NCc2ccccc2OC)cc1. The molecule has 0 aliphatic carbocycles. The molecule has 1 amide bonds. The van der Waals surface area contributed by atoms with Crippen molar-refractivity contribution in [3.05, 3.63) is 59.7 Å². The Morgan fingerprint density at radius 3 is 2.38 bits per heavy atom. The number of methoxy groups -OCH3 is 2. The van der Waals surface area contributed by atoms with Gasteiger partial charge in [0.2, 0.25) is 0 Å². The smallest absolute Gasteiger partial charge is 0.337 e. The first-order valence-corrected chi connectivity index (χ1v) is 7.34. The Kier molecular flexibility index (Phi) is 6.19. The first-order chi connectivity index (χ1) is 11.6. The molecule has 0 aliphatic heterocycles. The van der Waals surface area contributed by atoms with Crippen molar-refractivity contribution in [1.82, 2.24) is 5.32 Å². The van der Waals surface area contributed by atoms with Gasteiger partial charge in [0.05, 0.1) is 19.8 Å². The lowest BCUT2D eigenvalue weighted by Crippen LogP contribution is -2.28. The lowest BCUT2D eigenvalue weighted by molar-refractivity contribution is -0.123. The average Bonchev–Trinajstić information content (AvgIpc) is 2.64. The molecule has 0 heterocycles. The Hall–Kier alpha value is -3.02. The van der Waals surface area contributed by atoms with E-state index < -0.39 is 5.97 Å². The third-order valence-electron chi connectivity index (χ3n) is 3.31.